The summed E-state index contributed by atoms with van der Waals surface area (Å²) >= 11 is 1.71. The number of rotatable bonds is 6. The molecule has 2 amide bonds. The van der Waals surface area contributed by atoms with E-state index in [0.29, 0.717) is 5.25 Å². The monoisotopic (exact) mass is 246 g/mol. The third-order valence-corrected chi connectivity index (χ3v) is 3.70. The first-order valence-corrected chi connectivity index (χ1v) is 6.37. The van der Waals surface area contributed by atoms with Crippen molar-refractivity contribution in [1.82, 2.24) is 10.2 Å². The highest BCUT2D eigenvalue weighted by molar-refractivity contribution is 7.99. The van der Waals surface area contributed by atoms with Crippen molar-refractivity contribution in [3.05, 3.63) is 0 Å². The van der Waals surface area contributed by atoms with Gasteiger partial charge in [0, 0.05) is 24.4 Å². The molecule has 0 bridgehead atoms. The maximum Gasteiger partial charge on any atom is 0.231 e. The van der Waals surface area contributed by atoms with E-state index in [-0.39, 0.29) is 19.1 Å². The summed E-state index contributed by atoms with van der Waals surface area (Å²) in [5.74, 6) is -0.874. The van der Waals surface area contributed by atoms with E-state index in [1.54, 1.807) is 16.7 Å². The largest absolute Gasteiger partial charge is 0.369 e. The molecule has 0 aliphatic carbocycles. The number of carbonyl (C=O) groups is 2. The average Bonchev–Trinajstić information content (AvgIpc) is 2.62. The van der Waals surface area contributed by atoms with Crippen LogP contribution >= 0.6 is 11.8 Å². The van der Waals surface area contributed by atoms with Crippen molar-refractivity contribution in [2.75, 3.05) is 32.4 Å². The van der Waals surface area contributed by atoms with Gasteiger partial charge in [-0.3, -0.25) is 14.5 Å². The van der Waals surface area contributed by atoms with Crippen LogP contribution < -0.4 is 16.8 Å². The smallest absolute Gasteiger partial charge is 0.231 e. The van der Waals surface area contributed by atoms with Gasteiger partial charge in [0.1, 0.15) is 0 Å². The molecule has 6 nitrogen and oxygen atoms in total. The van der Waals surface area contributed by atoms with Crippen LogP contribution in [0.2, 0.25) is 0 Å². The molecule has 0 aromatic carbocycles. The first kappa shape index (κ1) is 13.3. The lowest BCUT2D eigenvalue weighted by molar-refractivity contribution is -0.122. The number of hydrogen-bond acceptors (Lipinski definition) is 5. The number of hydrogen-bond donors (Lipinski definition) is 3. The maximum absolute atomic E-state index is 10.9. The molecule has 1 aliphatic rings. The van der Waals surface area contributed by atoms with Gasteiger partial charge in [0.05, 0.1) is 13.1 Å². The molecule has 2 unspecified atom stereocenters. The molecule has 1 heterocycles. The fourth-order valence-corrected chi connectivity index (χ4v) is 2.80. The Labute approximate surface area is 99.1 Å². The van der Waals surface area contributed by atoms with Crippen molar-refractivity contribution >= 4 is 23.6 Å². The number of amides is 2. The summed E-state index contributed by atoms with van der Waals surface area (Å²) in [6.45, 7) is 1.78. The molecule has 0 aromatic heterocycles. The van der Waals surface area contributed by atoms with Crippen LogP contribution in [0, 0.1) is 0 Å². The van der Waals surface area contributed by atoms with Crippen molar-refractivity contribution in [2.24, 2.45) is 11.5 Å². The quantitative estimate of drug-likeness (QED) is 0.501. The second-order valence-corrected chi connectivity index (χ2v) is 4.91. The van der Waals surface area contributed by atoms with Crippen LogP contribution in [0.25, 0.3) is 0 Å². The highest BCUT2D eigenvalue weighted by Crippen LogP contribution is 2.19. The van der Waals surface area contributed by atoms with Crippen LogP contribution in [-0.2, 0) is 9.59 Å². The summed E-state index contributed by atoms with van der Waals surface area (Å²) in [6.07, 6.45) is 2.01. The van der Waals surface area contributed by atoms with Gasteiger partial charge >= 0.3 is 0 Å². The molecular weight excluding hydrogens is 228 g/mol. The zero-order valence-electron chi connectivity index (χ0n) is 9.31. The maximum atomic E-state index is 10.9. The Hall–Kier alpha value is -0.790. The standard InChI is InChI=1S/C9H18N4O2S/c1-16-7-3-12-2-6(7)13(4-8(10)14)5-9(11)15/h6-7,12H,2-5H2,1H3,(H2,10,14)(H2,11,15). The van der Waals surface area contributed by atoms with E-state index in [9.17, 15) is 9.59 Å². The van der Waals surface area contributed by atoms with Crippen molar-refractivity contribution in [3.63, 3.8) is 0 Å². The van der Waals surface area contributed by atoms with Gasteiger partial charge in [-0.25, -0.2) is 0 Å². The van der Waals surface area contributed by atoms with Crippen LogP contribution in [0.1, 0.15) is 0 Å². The van der Waals surface area contributed by atoms with Gasteiger partial charge in [0.2, 0.25) is 11.8 Å². The molecule has 16 heavy (non-hydrogen) atoms. The summed E-state index contributed by atoms with van der Waals surface area (Å²) in [6, 6.07) is 0.134. The van der Waals surface area contributed by atoms with Crippen molar-refractivity contribution in [3.8, 4) is 0 Å². The van der Waals surface area contributed by atoms with Gasteiger partial charge in [0.25, 0.3) is 0 Å². The fourth-order valence-electron chi connectivity index (χ4n) is 1.94. The van der Waals surface area contributed by atoms with Crippen molar-refractivity contribution < 1.29 is 9.59 Å². The second-order valence-electron chi connectivity index (χ2n) is 3.84. The topological polar surface area (TPSA) is 101 Å². The Morgan fingerprint density at radius 2 is 1.88 bits per heavy atom. The van der Waals surface area contributed by atoms with Gasteiger partial charge in [-0.2, -0.15) is 11.8 Å². The molecule has 5 N–H and O–H groups in total. The minimum atomic E-state index is -0.437. The number of nitrogens with two attached hydrogens (primary N) is 2. The molecule has 1 aliphatic heterocycles. The molecule has 0 radical (unpaired) electrons. The predicted octanol–water partition coefficient (Wildman–Crippen LogP) is -2.04. The van der Waals surface area contributed by atoms with Crippen LogP contribution in [0.4, 0.5) is 0 Å². The van der Waals surface area contributed by atoms with Gasteiger partial charge in [-0.05, 0) is 6.26 Å². The molecule has 1 fully saturated rings. The Bertz CT molecular complexity index is 258. The fraction of sp³-hybridized carbons (Fsp3) is 0.778. The molecular formula is C9H18N4O2S. The first-order chi connectivity index (χ1) is 7.54. The lowest BCUT2D eigenvalue weighted by Crippen LogP contribution is -2.49. The van der Waals surface area contributed by atoms with Gasteiger partial charge < -0.3 is 16.8 Å². The summed E-state index contributed by atoms with van der Waals surface area (Å²) in [5.41, 5.74) is 10.3. The summed E-state index contributed by atoms with van der Waals surface area (Å²) in [5, 5.41) is 3.59. The summed E-state index contributed by atoms with van der Waals surface area (Å²) in [7, 11) is 0. The molecule has 1 rings (SSSR count). The predicted molar refractivity (Wildman–Crippen MR) is 63.9 cm³/mol. The lowest BCUT2D eigenvalue weighted by atomic mass is 10.2. The molecule has 92 valence electrons. The first-order valence-electron chi connectivity index (χ1n) is 5.08. The number of primary amides is 2. The van der Waals surface area contributed by atoms with E-state index < -0.39 is 11.8 Å². The van der Waals surface area contributed by atoms with Gasteiger partial charge in [-0.15, -0.1) is 0 Å². The van der Waals surface area contributed by atoms with E-state index in [1.807, 2.05) is 6.26 Å². The normalized spacial score (nSPS) is 24.9. The molecule has 1 saturated heterocycles. The Morgan fingerprint density at radius 1 is 1.31 bits per heavy atom. The van der Waals surface area contributed by atoms with Gasteiger partial charge in [0.15, 0.2) is 0 Å². The van der Waals surface area contributed by atoms with Crippen LogP contribution in [-0.4, -0.2) is 60.4 Å². The van der Waals surface area contributed by atoms with Crippen LogP contribution in [0.15, 0.2) is 0 Å². The molecule has 0 spiro atoms. The molecule has 0 aromatic rings. The third kappa shape index (κ3) is 3.66. The Morgan fingerprint density at radius 3 is 2.31 bits per heavy atom. The summed E-state index contributed by atoms with van der Waals surface area (Å²) in [4.78, 5) is 23.6. The minimum absolute atomic E-state index is 0.0757. The lowest BCUT2D eigenvalue weighted by Gasteiger charge is -2.29. The molecule has 7 heteroatoms. The van der Waals surface area contributed by atoms with E-state index >= 15 is 0 Å². The SMILES string of the molecule is CSC1CNCC1N(CC(N)=O)CC(N)=O. The minimum Gasteiger partial charge on any atom is -0.369 e. The number of nitrogens with one attached hydrogen (secondary N) is 1. The van der Waals surface area contributed by atoms with Crippen molar-refractivity contribution in [1.29, 1.82) is 0 Å². The van der Waals surface area contributed by atoms with Gasteiger partial charge in [-0.1, -0.05) is 0 Å². The zero-order chi connectivity index (χ0) is 12.1. The van der Waals surface area contributed by atoms with E-state index in [0.717, 1.165) is 13.1 Å². The van der Waals surface area contributed by atoms with Crippen molar-refractivity contribution in [2.45, 2.75) is 11.3 Å². The highest BCUT2D eigenvalue weighted by Gasteiger charge is 2.32. The second kappa shape index (κ2) is 6.07. The number of thioether (sulfide) groups is 1. The molecule has 2 atom stereocenters. The van der Waals surface area contributed by atoms with Crippen LogP contribution in [0.5, 0.6) is 0 Å². The Balaban J connectivity index is 2.66. The van der Waals surface area contributed by atoms with E-state index in [1.165, 1.54) is 0 Å². The molecule has 0 saturated carbocycles. The highest BCUT2D eigenvalue weighted by atomic mass is 32.2. The average molecular weight is 246 g/mol. The Kier molecular flexibility index (Phi) is 5.04. The van der Waals surface area contributed by atoms with Crippen LogP contribution in [0.3, 0.4) is 0 Å². The third-order valence-electron chi connectivity index (χ3n) is 2.62. The zero-order valence-corrected chi connectivity index (χ0v) is 10.1. The summed E-state index contributed by atoms with van der Waals surface area (Å²) < 4.78 is 0. The number of nitrogens with zero attached hydrogens (tertiary/aromatic N) is 1. The van der Waals surface area contributed by atoms with E-state index in [4.69, 9.17) is 11.5 Å². The van der Waals surface area contributed by atoms with E-state index in [2.05, 4.69) is 5.32 Å². The number of carbonyl (C=O) groups excluding carboxylic acids is 2.